The van der Waals surface area contributed by atoms with Gasteiger partial charge >= 0.3 is 5.97 Å². The van der Waals surface area contributed by atoms with Crippen molar-refractivity contribution < 1.29 is 9.53 Å². The fraction of sp³-hybridized carbons (Fsp3) is 0.923. The average Bonchev–Trinajstić information content (AvgIpc) is 2.29. The van der Waals surface area contributed by atoms with Gasteiger partial charge in [0.15, 0.2) is 0 Å². The predicted molar refractivity (Wildman–Crippen MR) is 68.9 cm³/mol. The van der Waals surface area contributed by atoms with Crippen molar-refractivity contribution in [2.24, 2.45) is 11.8 Å². The number of carbonyl (C=O) groups is 1. The van der Waals surface area contributed by atoms with Gasteiger partial charge in [-0.25, -0.2) is 0 Å². The summed E-state index contributed by atoms with van der Waals surface area (Å²) in [6.45, 7) is 9.06. The number of carbonyl (C=O) groups excluding carboxylic acids is 1. The summed E-state index contributed by atoms with van der Waals surface area (Å²) >= 11 is 0. The lowest BCUT2D eigenvalue weighted by atomic mass is 9.98. The van der Waals surface area contributed by atoms with Gasteiger partial charge in [0.1, 0.15) is 0 Å². The molecule has 1 aliphatic rings. The second-order valence-electron chi connectivity index (χ2n) is 5.37. The number of hydrogen-bond donors (Lipinski definition) is 1. The van der Waals surface area contributed by atoms with Gasteiger partial charge in [0.25, 0.3) is 0 Å². The molecule has 1 N–H and O–H groups in total. The van der Waals surface area contributed by atoms with E-state index in [0.717, 1.165) is 26.2 Å². The molecule has 4 nitrogen and oxygen atoms in total. The zero-order valence-electron chi connectivity index (χ0n) is 11.4. The standard InChI is InChI=1S/C13H26N2O2/c1-11(2)7-14-8-12-5-4-6-15(9-12)10-13(16)17-3/h11-12,14H,4-10H2,1-3H3. The van der Waals surface area contributed by atoms with E-state index < -0.39 is 0 Å². The topological polar surface area (TPSA) is 41.6 Å². The van der Waals surface area contributed by atoms with Gasteiger partial charge in [0.05, 0.1) is 13.7 Å². The molecule has 0 saturated carbocycles. The summed E-state index contributed by atoms with van der Waals surface area (Å²) in [5.41, 5.74) is 0. The second-order valence-corrected chi connectivity index (χ2v) is 5.37. The van der Waals surface area contributed by atoms with Crippen molar-refractivity contribution in [2.75, 3.05) is 39.8 Å². The van der Waals surface area contributed by atoms with E-state index in [9.17, 15) is 4.79 Å². The van der Waals surface area contributed by atoms with Gasteiger partial charge < -0.3 is 10.1 Å². The Labute approximate surface area is 105 Å². The molecule has 0 radical (unpaired) electrons. The number of piperidine rings is 1. The van der Waals surface area contributed by atoms with Crippen LogP contribution in [0, 0.1) is 11.8 Å². The smallest absolute Gasteiger partial charge is 0.319 e. The third-order valence-electron chi connectivity index (χ3n) is 3.17. The van der Waals surface area contributed by atoms with Crippen LogP contribution in [-0.4, -0.2) is 50.7 Å². The van der Waals surface area contributed by atoms with Crippen LogP contribution in [0.5, 0.6) is 0 Å². The highest BCUT2D eigenvalue weighted by molar-refractivity contribution is 5.71. The number of ether oxygens (including phenoxy) is 1. The summed E-state index contributed by atoms with van der Waals surface area (Å²) in [4.78, 5) is 13.4. The van der Waals surface area contributed by atoms with E-state index in [1.54, 1.807) is 0 Å². The largest absolute Gasteiger partial charge is 0.468 e. The number of hydrogen-bond acceptors (Lipinski definition) is 4. The van der Waals surface area contributed by atoms with E-state index >= 15 is 0 Å². The lowest BCUT2D eigenvalue weighted by Crippen LogP contribution is -2.42. The third-order valence-corrected chi connectivity index (χ3v) is 3.17. The number of likely N-dealkylation sites (tertiary alicyclic amines) is 1. The number of nitrogens with zero attached hydrogens (tertiary/aromatic N) is 1. The molecule has 1 fully saturated rings. The van der Waals surface area contributed by atoms with Crippen LogP contribution in [0.25, 0.3) is 0 Å². The molecule has 1 saturated heterocycles. The molecule has 0 spiro atoms. The Kier molecular flexibility index (Phi) is 6.52. The van der Waals surface area contributed by atoms with Crippen LogP contribution >= 0.6 is 0 Å². The first-order valence-corrected chi connectivity index (χ1v) is 6.61. The Morgan fingerprint density at radius 1 is 1.53 bits per heavy atom. The van der Waals surface area contributed by atoms with Crippen LogP contribution in [0.4, 0.5) is 0 Å². The molecule has 0 bridgehead atoms. The van der Waals surface area contributed by atoms with Crippen molar-refractivity contribution in [2.45, 2.75) is 26.7 Å². The lowest BCUT2D eigenvalue weighted by molar-refractivity contribution is -0.142. The van der Waals surface area contributed by atoms with Gasteiger partial charge in [-0.1, -0.05) is 13.8 Å². The van der Waals surface area contributed by atoms with E-state index in [1.165, 1.54) is 20.0 Å². The molecule has 1 rings (SSSR count). The number of rotatable bonds is 6. The molecule has 0 aromatic rings. The number of esters is 1. The molecule has 1 aliphatic heterocycles. The number of methoxy groups -OCH3 is 1. The highest BCUT2D eigenvalue weighted by Crippen LogP contribution is 2.15. The van der Waals surface area contributed by atoms with Gasteiger partial charge in [-0.05, 0) is 44.3 Å². The van der Waals surface area contributed by atoms with Crippen molar-refractivity contribution in [1.82, 2.24) is 10.2 Å². The summed E-state index contributed by atoms with van der Waals surface area (Å²) in [5, 5.41) is 3.50. The Hall–Kier alpha value is -0.610. The van der Waals surface area contributed by atoms with E-state index in [4.69, 9.17) is 4.74 Å². The Bertz CT molecular complexity index is 231. The minimum Gasteiger partial charge on any atom is -0.468 e. The lowest BCUT2D eigenvalue weighted by Gasteiger charge is -2.32. The average molecular weight is 242 g/mol. The Balaban J connectivity index is 2.21. The molecule has 1 heterocycles. The first-order chi connectivity index (χ1) is 8.11. The second kappa shape index (κ2) is 7.67. The van der Waals surface area contributed by atoms with Crippen LogP contribution in [0.3, 0.4) is 0 Å². The van der Waals surface area contributed by atoms with Crippen LogP contribution in [0.15, 0.2) is 0 Å². The van der Waals surface area contributed by atoms with E-state index in [0.29, 0.717) is 18.4 Å². The first kappa shape index (κ1) is 14.5. The fourth-order valence-electron chi connectivity index (χ4n) is 2.28. The van der Waals surface area contributed by atoms with Crippen molar-refractivity contribution >= 4 is 5.97 Å². The maximum absolute atomic E-state index is 11.2. The molecule has 4 heteroatoms. The number of nitrogens with one attached hydrogen (secondary N) is 1. The van der Waals surface area contributed by atoms with Crippen molar-refractivity contribution in [3.63, 3.8) is 0 Å². The summed E-state index contributed by atoms with van der Waals surface area (Å²) < 4.78 is 4.70. The highest BCUT2D eigenvalue weighted by atomic mass is 16.5. The summed E-state index contributed by atoms with van der Waals surface area (Å²) in [6.07, 6.45) is 2.45. The molecular weight excluding hydrogens is 216 g/mol. The highest BCUT2D eigenvalue weighted by Gasteiger charge is 2.21. The zero-order chi connectivity index (χ0) is 12.7. The van der Waals surface area contributed by atoms with Crippen LogP contribution in [-0.2, 0) is 9.53 Å². The van der Waals surface area contributed by atoms with E-state index in [-0.39, 0.29) is 5.97 Å². The maximum Gasteiger partial charge on any atom is 0.319 e. The summed E-state index contributed by atoms with van der Waals surface area (Å²) in [5.74, 6) is 1.25. The Morgan fingerprint density at radius 3 is 2.94 bits per heavy atom. The minimum atomic E-state index is -0.124. The zero-order valence-corrected chi connectivity index (χ0v) is 11.4. The van der Waals surface area contributed by atoms with Gasteiger partial charge in [-0.2, -0.15) is 0 Å². The molecular formula is C13H26N2O2. The van der Waals surface area contributed by atoms with Gasteiger partial charge in [0.2, 0.25) is 0 Å². The monoisotopic (exact) mass is 242 g/mol. The van der Waals surface area contributed by atoms with E-state index in [1.807, 2.05) is 0 Å². The molecule has 0 amide bonds. The minimum absolute atomic E-state index is 0.124. The molecule has 100 valence electrons. The van der Waals surface area contributed by atoms with Crippen LogP contribution in [0.2, 0.25) is 0 Å². The maximum atomic E-state index is 11.2. The van der Waals surface area contributed by atoms with Crippen LogP contribution < -0.4 is 5.32 Å². The Morgan fingerprint density at radius 2 is 2.29 bits per heavy atom. The van der Waals surface area contributed by atoms with Gasteiger partial charge in [0, 0.05) is 6.54 Å². The van der Waals surface area contributed by atoms with Gasteiger partial charge in [-0.3, -0.25) is 9.69 Å². The first-order valence-electron chi connectivity index (χ1n) is 6.61. The van der Waals surface area contributed by atoms with Crippen molar-refractivity contribution in [3.05, 3.63) is 0 Å². The normalized spacial score (nSPS) is 21.8. The van der Waals surface area contributed by atoms with Gasteiger partial charge in [-0.15, -0.1) is 0 Å². The van der Waals surface area contributed by atoms with E-state index in [2.05, 4.69) is 24.1 Å². The molecule has 0 aliphatic carbocycles. The summed E-state index contributed by atoms with van der Waals surface area (Å²) in [7, 11) is 1.45. The van der Waals surface area contributed by atoms with Crippen molar-refractivity contribution in [1.29, 1.82) is 0 Å². The van der Waals surface area contributed by atoms with Crippen molar-refractivity contribution in [3.8, 4) is 0 Å². The van der Waals surface area contributed by atoms with Crippen LogP contribution in [0.1, 0.15) is 26.7 Å². The predicted octanol–water partition coefficient (Wildman–Crippen LogP) is 1.12. The molecule has 1 atom stereocenters. The summed E-state index contributed by atoms with van der Waals surface area (Å²) in [6, 6.07) is 0. The SMILES string of the molecule is COC(=O)CN1CCCC(CNCC(C)C)C1. The molecule has 0 aromatic carbocycles. The molecule has 0 aromatic heterocycles. The molecule has 17 heavy (non-hydrogen) atoms. The third kappa shape index (κ3) is 6.03. The fourth-order valence-corrected chi connectivity index (χ4v) is 2.28. The quantitative estimate of drug-likeness (QED) is 0.709. The molecule has 1 unspecified atom stereocenters.